The molecule has 0 aromatic heterocycles. The highest BCUT2D eigenvalue weighted by molar-refractivity contribution is 5.16. The van der Waals surface area contributed by atoms with Crippen molar-refractivity contribution >= 4 is 0 Å². The van der Waals surface area contributed by atoms with E-state index in [9.17, 15) is 0 Å². The summed E-state index contributed by atoms with van der Waals surface area (Å²) in [6, 6.07) is 0. The van der Waals surface area contributed by atoms with Gasteiger partial charge in [-0.25, -0.2) is 0 Å². The van der Waals surface area contributed by atoms with E-state index in [0.29, 0.717) is 59.6 Å². The van der Waals surface area contributed by atoms with E-state index >= 15 is 0 Å². The molecule has 4 nitrogen and oxygen atoms in total. The van der Waals surface area contributed by atoms with Crippen molar-refractivity contribution in [3.63, 3.8) is 0 Å². The van der Waals surface area contributed by atoms with E-state index in [-0.39, 0.29) is 23.0 Å². The van der Waals surface area contributed by atoms with Gasteiger partial charge in [-0.2, -0.15) is 0 Å². The van der Waals surface area contributed by atoms with E-state index < -0.39 is 0 Å². The molecule has 4 rings (SSSR count). The van der Waals surface area contributed by atoms with Crippen molar-refractivity contribution in [1.82, 2.24) is 0 Å². The lowest BCUT2D eigenvalue weighted by Gasteiger charge is -2.66. The third-order valence-electron chi connectivity index (χ3n) is 12.0. The van der Waals surface area contributed by atoms with E-state index in [1.807, 2.05) is 0 Å². The molecule has 9 unspecified atom stereocenters. The Bertz CT molecular complexity index is 792. The van der Waals surface area contributed by atoms with Gasteiger partial charge >= 0.3 is 0 Å². The van der Waals surface area contributed by atoms with Crippen LogP contribution in [0.4, 0.5) is 0 Å². The Morgan fingerprint density at radius 3 is 1.87 bits per heavy atom. The molecule has 0 aliphatic heterocycles. The van der Waals surface area contributed by atoms with Crippen molar-refractivity contribution in [2.24, 2.45) is 39.9 Å². The third kappa shape index (κ3) is 6.30. The molecule has 1 spiro atoms. The van der Waals surface area contributed by atoms with E-state index in [1.165, 1.54) is 57.8 Å². The first kappa shape index (κ1) is 31.8. The molecule has 4 aliphatic carbocycles. The van der Waals surface area contributed by atoms with Gasteiger partial charge in [-0.1, -0.05) is 20.8 Å². The molecule has 0 bridgehead atoms. The van der Waals surface area contributed by atoms with Gasteiger partial charge in [0.1, 0.15) is 0 Å². The Hall–Kier alpha value is -0.160. The normalized spacial score (nSPS) is 43.5. The van der Waals surface area contributed by atoms with Crippen LogP contribution in [0.25, 0.3) is 0 Å². The van der Waals surface area contributed by atoms with Gasteiger partial charge in [-0.05, 0) is 153 Å². The number of rotatable bonds is 10. The van der Waals surface area contributed by atoms with Crippen molar-refractivity contribution < 1.29 is 18.9 Å². The first-order chi connectivity index (χ1) is 18.2. The first-order valence-electron chi connectivity index (χ1n) is 16.8. The molecule has 4 fully saturated rings. The van der Waals surface area contributed by atoms with Crippen LogP contribution in [0, 0.1) is 39.9 Å². The minimum atomic E-state index is 0.213. The summed E-state index contributed by atoms with van der Waals surface area (Å²) in [5.41, 5.74) is 0.810. The molecule has 4 aliphatic rings. The molecule has 4 saturated carbocycles. The largest absolute Gasteiger partial charge is 0.379 e. The molecule has 0 heterocycles. The van der Waals surface area contributed by atoms with Crippen LogP contribution in [0.15, 0.2) is 0 Å². The Balaban J connectivity index is 1.68. The quantitative estimate of drug-likeness (QED) is 0.273. The summed E-state index contributed by atoms with van der Waals surface area (Å²) >= 11 is 0. The van der Waals surface area contributed by atoms with Crippen LogP contribution in [0.2, 0.25) is 0 Å². The van der Waals surface area contributed by atoms with Crippen LogP contribution in [0.3, 0.4) is 0 Å². The van der Waals surface area contributed by atoms with Crippen molar-refractivity contribution in [1.29, 1.82) is 0 Å². The molecule has 0 aromatic carbocycles. The molecule has 10 atom stereocenters. The van der Waals surface area contributed by atoms with Gasteiger partial charge in [0.2, 0.25) is 0 Å². The summed E-state index contributed by atoms with van der Waals surface area (Å²) in [4.78, 5) is 0. The van der Waals surface area contributed by atoms with Gasteiger partial charge in [-0.3, -0.25) is 0 Å². The maximum atomic E-state index is 7.05. The fourth-order valence-corrected chi connectivity index (χ4v) is 10.3. The van der Waals surface area contributed by atoms with Gasteiger partial charge in [-0.15, -0.1) is 0 Å². The first-order valence-corrected chi connectivity index (χ1v) is 16.8. The zero-order chi connectivity index (χ0) is 28.8. The minimum absolute atomic E-state index is 0.213. The summed E-state index contributed by atoms with van der Waals surface area (Å²) in [5, 5.41) is 0. The maximum Gasteiger partial charge on any atom is 0.0643 e. The maximum absolute atomic E-state index is 7.05. The Kier molecular flexibility index (Phi) is 9.95. The van der Waals surface area contributed by atoms with Crippen LogP contribution in [-0.2, 0) is 18.9 Å². The molecule has 0 aromatic rings. The van der Waals surface area contributed by atoms with Crippen molar-refractivity contribution in [3.05, 3.63) is 0 Å². The van der Waals surface area contributed by atoms with Crippen molar-refractivity contribution in [2.45, 2.75) is 177 Å². The Morgan fingerprint density at radius 2 is 1.26 bits per heavy atom. The second-order valence-corrected chi connectivity index (χ2v) is 15.9. The molecule has 0 amide bonds. The summed E-state index contributed by atoms with van der Waals surface area (Å²) < 4.78 is 26.4. The molecular weight excluding hydrogens is 484 g/mol. The summed E-state index contributed by atoms with van der Waals surface area (Å²) in [7, 11) is 0. The summed E-state index contributed by atoms with van der Waals surface area (Å²) in [6.07, 6.45) is 13.4. The number of ether oxygens (including phenoxy) is 4. The molecule has 39 heavy (non-hydrogen) atoms. The fourth-order valence-electron chi connectivity index (χ4n) is 10.3. The fraction of sp³-hybridized carbons (Fsp3) is 1.00. The smallest absolute Gasteiger partial charge is 0.0643 e. The second-order valence-electron chi connectivity index (χ2n) is 15.9. The zero-order valence-corrected chi connectivity index (χ0v) is 27.6. The third-order valence-corrected chi connectivity index (χ3v) is 12.0. The van der Waals surface area contributed by atoms with Crippen LogP contribution in [-0.4, -0.2) is 49.3 Å². The van der Waals surface area contributed by atoms with E-state index in [2.05, 4.69) is 76.2 Å². The number of fused-ring (bicyclic) bond motifs is 3. The highest BCUT2D eigenvalue weighted by Crippen LogP contribution is 2.71. The molecule has 4 heteroatoms. The van der Waals surface area contributed by atoms with Gasteiger partial charge < -0.3 is 18.9 Å². The zero-order valence-electron chi connectivity index (χ0n) is 27.6. The minimum Gasteiger partial charge on any atom is -0.379 e. The van der Waals surface area contributed by atoms with E-state index in [0.717, 1.165) is 6.61 Å². The van der Waals surface area contributed by atoms with Gasteiger partial charge in [0.25, 0.3) is 0 Å². The Labute approximate surface area is 242 Å². The molecular formula is C35H64O4. The van der Waals surface area contributed by atoms with Crippen LogP contribution in [0.1, 0.15) is 134 Å². The molecule has 0 saturated heterocycles. The number of hydrogen-bond donors (Lipinski definition) is 0. The van der Waals surface area contributed by atoms with Crippen LogP contribution < -0.4 is 0 Å². The number of hydrogen-bond acceptors (Lipinski definition) is 4. The van der Waals surface area contributed by atoms with Crippen molar-refractivity contribution in [2.75, 3.05) is 6.61 Å². The summed E-state index contributed by atoms with van der Waals surface area (Å²) in [6.45, 7) is 26.3. The molecule has 228 valence electrons. The SMILES string of the molecule is CC(C)OC[C@@H](C)C1CCC2CC3(CC(OC(C)C)CC4CC(OC(C)C)CCC43C)CC(OC(C)C)C21C. The lowest BCUT2D eigenvalue weighted by atomic mass is 9.40. The monoisotopic (exact) mass is 548 g/mol. The van der Waals surface area contributed by atoms with Gasteiger partial charge in [0.05, 0.1) is 42.7 Å². The van der Waals surface area contributed by atoms with Crippen molar-refractivity contribution in [3.8, 4) is 0 Å². The van der Waals surface area contributed by atoms with Gasteiger partial charge in [0.15, 0.2) is 0 Å². The average Bonchev–Trinajstić information content (AvgIpc) is 3.15. The topological polar surface area (TPSA) is 36.9 Å². The lowest BCUT2D eigenvalue weighted by molar-refractivity contribution is -0.234. The van der Waals surface area contributed by atoms with Crippen LogP contribution >= 0.6 is 0 Å². The second kappa shape index (κ2) is 12.2. The van der Waals surface area contributed by atoms with Crippen LogP contribution in [0.5, 0.6) is 0 Å². The van der Waals surface area contributed by atoms with E-state index in [1.54, 1.807) is 0 Å². The predicted molar refractivity (Wildman–Crippen MR) is 161 cm³/mol. The highest BCUT2D eigenvalue weighted by Gasteiger charge is 2.67. The van der Waals surface area contributed by atoms with Gasteiger partial charge in [0, 0.05) is 6.61 Å². The van der Waals surface area contributed by atoms with E-state index in [4.69, 9.17) is 18.9 Å². The summed E-state index contributed by atoms with van der Waals surface area (Å²) in [5.74, 6) is 2.59. The lowest BCUT2D eigenvalue weighted by Crippen LogP contribution is -2.62. The average molecular weight is 549 g/mol. The highest BCUT2D eigenvalue weighted by atomic mass is 16.5. The Morgan fingerprint density at radius 1 is 0.641 bits per heavy atom. The molecule has 0 N–H and O–H groups in total. The standard InChI is InChI=1S/C35H64O4/c1-22(2)36-21-26(9)31-13-12-27-18-35(20-32(34(27,31)11)39-25(7)8)19-30(38-24(5)6)17-28-16-29(37-23(3)4)14-15-33(28,35)10/h22-32H,12-21H2,1-11H3/t26-,27?,28?,29?,30?,31?,32?,33?,34?,35?/m1/s1. The molecule has 0 radical (unpaired) electrons. The predicted octanol–water partition coefficient (Wildman–Crippen LogP) is 8.84.